The third-order valence-electron chi connectivity index (χ3n) is 4.84. The lowest BCUT2D eigenvalue weighted by molar-refractivity contribution is -0.156. The van der Waals surface area contributed by atoms with Gasteiger partial charge in [-0.05, 0) is 12.3 Å². The zero-order valence-electron chi connectivity index (χ0n) is 17.9. The molecule has 0 heterocycles. The maximum absolute atomic E-state index is 11.5. The highest BCUT2D eigenvalue weighted by atomic mass is 16.6. The fraction of sp³-hybridized carbons (Fsp3) is 0.909. The third-order valence-corrected chi connectivity index (χ3v) is 4.84. The van der Waals surface area contributed by atoms with Gasteiger partial charge < -0.3 is 14.2 Å². The summed E-state index contributed by atoms with van der Waals surface area (Å²) >= 11 is 0. The maximum Gasteiger partial charge on any atom is 0.332 e. The van der Waals surface area contributed by atoms with Crippen LogP contribution in [0.3, 0.4) is 0 Å². The lowest BCUT2D eigenvalue weighted by Crippen LogP contribution is -2.20. The summed E-state index contributed by atoms with van der Waals surface area (Å²) < 4.78 is 15.3. The molecule has 5 heteroatoms. The predicted octanol–water partition coefficient (Wildman–Crippen LogP) is 5.45. The SMILES string of the molecule is CCCCCCCCCCCCOC(=O)COCC(=O)OCC(CC)CC. The van der Waals surface area contributed by atoms with Crippen LogP contribution in [0.25, 0.3) is 0 Å². The van der Waals surface area contributed by atoms with Crippen LogP contribution in [0.4, 0.5) is 0 Å². The van der Waals surface area contributed by atoms with Gasteiger partial charge in [-0.2, -0.15) is 0 Å². The largest absolute Gasteiger partial charge is 0.464 e. The number of rotatable bonds is 19. The average Bonchev–Trinajstić information content (AvgIpc) is 2.67. The molecule has 5 nitrogen and oxygen atoms in total. The van der Waals surface area contributed by atoms with Crippen LogP contribution in [0.2, 0.25) is 0 Å². The summed E-state index contributed by atoms with van der Waals surface area (Å²) in [7, 11) is 0. The van der Waals surface area contributed by atoms with E-state index in [1.165, 1.54) is 51.4 Å². The molecule has 0 aromatic carbocycles. The van der Waals surface area contributed by atoms with Crippen molar-refractivity contribution in [3.8, 4) is 0 Å². The fourth-order valence-electron chi connectivity index (χ4n) is 2.81. The van der Waals surface area contributed by atoms with Crippen molar-refractivity contribution in [1.29, 1.82) is 0 Å². The Bertz CT molecular complexity index is 353. The second-order valence-corrected chi connectivity index (χ2v) is 7.26. The minimum atomic E-state index is -0.426. The fourth-order valence-corrected chi connectivity index (χ4v) is 2.81. The summed E-state index contributed by atoms with van der Waals surface area (Å²) in [6, 6.07) is 0. The predicted molar refractivity (Wildman–Crippen MR) is 109 cm³/mol. The lowest BCUT2D eigenvalue weighted by atomic mass is 10.1. The van der Waals surface area contributed by atoms with E-state index >= 15 is 0 Å². The van der Waals surface area contributed by atoms with Crippen molar-refractivity contribution >= 4 is 11.9 Å². The molecule has 0 N–H and O–H groups in total. The van der Waals surface area contributed by atoms with Gasteiger partial charge >= 0.3 is 11.9 Å². The zero-order valence-corrected chi connectivity index (χ0v) is 17.9. The summed E-state index contributed by atoms with van der Waals surface area (Å²) in [6.07, 6.45) is 14.4. The van der Waals surface area contributed by atoms with E-state index in [-0.39, 0.29) is 13.2 Å². The highest BCUT2D eigenvalue weighted by molar-refractivity contribution is 5.73. The Morgan fingerprint density at radius 1 is 0.667 bits per heavy atom. The van der Waals surface area contributed by atoms with Crippen LogP contribution in [0.5, 0.6) is 0 Å². The Labute approximate surface area is 166 Å². The van der Waals surface area contributed by atoms with E-state index in [4.69, 9.17) is 14.2 Å². The van der Waals surface area contributed by atoms with Crippen molar-refractivity contribution in [2.75, 3.05) is 26.4 Å². The van der Waals surface area contributed by atoms with Gasteiger partial charge in [-0.25, -0.2) is 9.59 Å². The van der Waals surface area contributed by atoms with Crippen molar-refractivity contribution in [2.24, 2.45) is 5.92 Å². The smallest absolute Gasteiger partial charge is 0.332 e. The van der Waals surface area contributed by atoms with Crippen LogP contribution in [0.1, 0.15) is 97.8 Å². The van der Waals surface area contributed by atoms with Crippen molar-refractivity contribution in [3.63, 3.8) is 0 Å². The first-order valence-corrected chi connectivity index (χ1v) is 11.0. The number of carbonyl (C=O) groups excluding carboxylic acids is 2. The lowest BCUT2D eigenvalue weighted by Gasteiger charge is -2.12. The summed E-state index contributed by atoms with van der Waals surface area (Å²) in [5.41, 5.74) is 0. The Morgan fingerprint density at radius 3 is 1.67 bits per heavy atom. The molecule has 0 atom stereocenters. The van der Waals surface area contributed by atoms with Gasteiger partial charge in [-0.1, -0.05) is 91.4 Å². The van der Waals surface area contributed by atoms with Gasteiger partial charge in [-0.3, -0.25) is 0 Å². The zero-order chi connectivity index (χ0) is 20.2. The number of unbranched alkanes of at least 4 members (excludes halogenated alkanes) is 9. The second-order valence-electron chi connectivity index (χ2n) is 7.26. The molecule has 0 amide bonds. The molecule has 0 rings (SSSR count). The molecule has 0 spiro atoms. The third kappa shape index (κ3) is 18.0. The van der Waals surface area contributed by atoms with Crippen LogP contribution in [-0.2, 0) is 23.8 Å². The molecule has 160 valence electrons. The Hall–Kier alpha value is -1.10. The molecule has 0 radical (unpaired) electrons. The van der Waals surface area contributed by atoms with Gasteiger partial charge in [0.2, 0.25) is 0 Å². The topological polar surface area (TPSA) is 61.8 Å². The standard InChI is InChI=1S/C22H42O5/c1-4-7-8-9-10-11-12-13-14-15-16-26-21(23)18-25-19-22(24)27-17-20(5-2)6-3/h20H,4-19H2,1-3H3. The van der Waals surface area contributed by atoms with Gasteiger partial charge in [0.1, 0.15) is 13.2 Å². The number of hydrogen-bond donors (Lipinski definition) is 0. The van der Waals surface area contributed by atoms with Gasteiger partial charge in [0, 0.05) is 0 Å². The van der Waals surface area contributed by atoms with Crippen LogP contribution < -0.4 is 0 Å². The number of hydrogen-bond acceptors (Lipinski definition) is 5. The van der Waals surface area contributed by atoms with Crippen LogP contribution in [0.15, 0.2) is 0 Å². The Kier molecular flexibility index (Phi) is 18.9. The molecule has 27 heavy (non-hydrogen) atoms. The summed E-state index contributed by atoms with van der Waals surface area (Å²) in [5, 5.41) is 0. The normalized spacial score (nSPS) is 11.0. The van der Waals surface area contributed by atoms with E-state index in [0.29, 0.717) is 19.1 Å². The number of carbonyl (C=O) groups is 2. The van der Waals surface area contributed by atoms with Crippen molar-refractivity contribution in [3.05, 3.63) is 0 Å². The maximum atomic E-state index is 11.5. The quantitative estimate of drug-likeness (QED) is 0.218. The molecule has 0 saturated carbocycles. The molecular formula is C22H42O5. The van der Waals surface area contributed by atoms with E-state index in [0.717, 1.165) is 25.7 Å². The molecule has 0 saturated heterocycles. The van der Waals surface area contributed by atoms with Crippen LogP contribution >= 0.6 is 0 Å². The van der Waals surface area contributed by atoms with Crippen molar-refractivity contribution in [1.82, 2.24) is 0 Å². The second kappa shape index (κ2) is 19.7. The average molecular weight is 387 g/mol. The van der Waals surface area contributed by atoms with Crippen molar-refractivity contribution in [2.45, 2.75) is 97.8 Å². The first kappa shape index (κ1) is 25.9. The van der Waals surface area contributed by atoms with Gasteiger partial charge in [0.15, 0.2) is 0 Å². The molecule has 0 unspecified atom stereocenters. The highest BCUT2D eigenvalue weighted by Gasteiger charge is 2.10. The minimum Gasteiger partial charge on any atom is -0.464 e. The molecule has 0 aliphatic heterocycles. The van der Waals surface area contributed by atoms with Crippen LogP contribution in [0, 0.1) is 5.92 Å². The highest BCUT2D eigenvalue weighted by Crippen LogP contribution is 2.10. The van der Waals surface area contributed by atoms with E-state index in [9.17, 15) is 9.59 Å². The first-order valence-electron chi connectivity index (χ1n) is 11.0. The summed E-state index contributed by atoms with van der Waals surface area (Å²) in [4.78, 5) is 23.1. The summed E-state index contributed by atoms with van der Waals surface area (Å²) in [5.74, 6) is -0.455. The van der Waals surface area contributed by atoms with Crippen molar-refractivity contribution < 1.29 is 23.8 Å². The van der Waals surface area contributed by atoms with E-state index in [1.54, 1.807) is 0 Å². The first-order chi connectivity index (χ1) is 13.1. The number of ether oxygens (including phenoxy) is 3. The molecule has 0 aromatic rings. The van der Waals surface area contributed by atoms with Gasteiger partial charge in [0.05, 0.1) is 13.2 Å². The molecule has 0 aliphatic carbocycles. The molecule has 0 bridgehead atoms. The Balaban J connectivity index is 3.38. The molecule has 0 fully saturated rings. The minimum absolute atomic E-state index is 0.197. The molecule has 0 aliphatic rings. The van der Waals surface area contributed by atoms with Gasteiger partial charge in [0.25, 0.3) is 0 Å². The monoisotopic (exact) mass is 386 g/mol. The molecule has 0 aromatic heterocycles. The van der Waals surface area contributed by atoms with Crippen LogP contribution in [-0.4, -0.2) is 38.4 Å². The van der Waals surface area contributed by atoms with E-state index < -0.39 is 11.9 Å². The number of esters is 2. The van der Waals surface area contributed by atoms with Gasteiger partial charge in [-0.15, -0.1) is 0 Å². The van der Waals surface area contributed by atoms with E-state index in [1.807, 2.05) is 0 Å². The summed E-state index contributed by atoms with van der Waals surface area (Å²) in [6.45, 7) is 6.83. The molecular weight excluding hydrogens is 344 g/mol. The van der Waals surface area contributed by atoms with E-state index in [2.05, 4.69) is 20.8 Å². The Morgan fingerprint density at radius 2 is 1.15 bits per heavy atom.